The molecule has 0 saturated carbocycles. The molecule has 3 heteroatoms. The molecule has 2 aromatic carbocycles. The molecule has 110 valence electrons. The third kappa shape index (κ3) is 5.14. The minimum absolute atomic E-state index is 0.116. The fourth-order valence-electron chi connectivity index (χ4n) is 2.34. The molecule has 3 N–H and O–H groups in total. The van der Waals surface area contributed by atoms with E-state index in [0.717, 1.165) is 18.4 Å². The first kappa shape index (κ1) is 15.4. The highest BCUT2D eigenvalue weighted by atomic mass is 16.1. The summed E-state index contributed by atoms with van der Waals surface area (Å²) in [5.74, 6) is 0.116. The summed E-state index contributed by atoms with van der Waals surface area (Å²) in [6, 6.07) is 19.9. The number of ketones is 1. The number of hydrogen-bond donors (Lipinski definition) is 2. The van der Waals surface area contributed by atoms with Crippen LogP contribution in [0.3, 0.4) is 0 Å². The fourth-order valence-corrected chi connectivity index (χ4v) is 2.34. The zero-order valence-electron chi connectivity index (χ0n) is 12.2. The van der Waals surface area contributed by atoms with E-state index in [4.69, 9.17) is 5.73 Å². The van der Waals surface area contributed by atoms with Gasteiger partial charge in [0, 0.05) is 11.6 Å². The van der Waals surface area contributed by atoms with Crippen molar-refractivity contribution in [2.75, 3.05) is 13.1 Å². The van der Waals surface area contributed by atoms with Gasteiger partial charge < -0.3 is 11.1 Å². The molecule has 2 rings (SSSR count). The van der Waals surface area contributed by atoms with Gasteiger partial charge in [0.05, 0.1) is 6.54 Å². The van der Waals surface area contributed by atoms with Crippen molar-refractivity contribution in [3.8, 4) is 0 Å². The molecular formula is C18H22N2O. The van der Waals surface area contributed by atoms with Crippen LogP contribution in [0.25, 0.3) is 0 Å². The summed E-state index contributed by atoms with van der Waals surface area (Å²) in [4.78, 5) is 12.1. The number of Topliss-reactive ketones (excluding diaryl/α,β-unsaturated/α-hetero) is 1. The van der Waals surface area contributed by atoms with Gasteiger partial charge in [-0.05, 0) is 24.9 Å². The van der Waals surface area contributed by atoms with Gasteiger partial charge in [-0.2, -0.15) is 0 Å². The molecular weight excluding hydrogens is 260 g/mol. The molecule has 0 radical (unpaired) electrons. The van der Waals surface area contributed by atoms with Gasteiger partial charge >= 0.3 is 0 Å². The van der Waals surface area contributed by atoms with Crippen LogP contribution in [0.1, 0.15) is 22.3 Å². The van der Waals surface area contributed by atoms with Crippen molar-refractivity contribution in [3.63, 3.8) is 0 Å². The quantitative estimate of drug-likeness (QED) is 0.731. The van der Waals surface area contributed by atoms with Crippen molar-refractivity contribution in [1.29, 1.82) is 0 Å². The topological polar surface area (TPSA) is 55.1 Å². The SMILES string of the molecule is NCCC(Cc1ccccc1)NCC(=O)c1ccccc1. The summed E-state index contributed by atoms with van der Waals surface area (Å²) >= 11 is 0. The van der Waals surface area contributed by atoms with Crippen LogP contribution >= 0.6 is 0 Å². The first-order valence-electron chi connectivity index (χ1n) is 7.35. The van der Waals surface area contributed by atoms with Crippen molar-refractivity contribution >= 4 is 5.78 Å². The van der Waals surface area contributed by atoms with Gasteiger partial charge in [0.1, 0.15) is 0 Å². The van der Waals surface area contributed by atoms with Gasteiger partial charge in [0.15, 0.2) is 5.78 Å². The second-order valence-electron chi connectivity index (χ2n) is 5.13. The third-order valence-electron chi connectivity index (χ3n) is 3.49. The molecule has 0 aliphatic rings. The molecule has 1 atom stereocenters. The lowest BCUT2D eigenvalue weighted by Gasteiger charge is -2.17. The van der Waals surface area contributed by atoms with Crippen molar-refractivity contribution in [3.05, 3.63) is 71.8 Å². The van der Waals surface area contributed by atoms with Crippen molar-refractivity contribution in [2.45, 2.75) is 18.9 Å². The number of carbonyl (C=O) groups excluding carboxylic acids is 1. The lowest BCUT2D eigenvalue weighted by molar-refractivity contribution is 0.0986. The van der Waals surface area contributed by atoms with E-state index in [-0.39, 0.29) is 11.8 Å². The Bertz CT molecular complexity index is 540. The Hall–Kier alpha value is -1.97. The number of nitrogens with one attached hydrogen (secondary N) is 1. The van der Waals surface area contributed by atoms with Crippen molar-refractivity contribution < 1.29 is 4.79 Å². The van der Waals surface area contributed by atoms with Crippen LogP contribution in [-0.4, -0.2) is 24.9 Å². The van der Waals surface area contributed by atoms with E-state index in [1.807, 2.05) is 48.5 Å². The average molecular weight is 282 g/mol. The van der Waals surface area contributed by atoms with Gasteiger partial charge in [-0.25, -0.2) is 0 Å². The summed E-state index contributed by atoms with van der Waals surface area (Å²) < 4.78 is 0. The smallest absolute Gasteiger partial charge is 0.176 e. The molecule has 0 amide bonds. The second-order valence-corrected chi connectivity index (χ2v) is 5.13. The number of nitrogens with two attached hydrogens (primary N) is 1. The summed E-state index contributed by atoms with van der Waals surface area (Å²) in [5, 5.41) is 3.34. The van der Waals surface area contributed by atoms with Crippen LogP contribution < -0.4 is 11.1 Å². The number of hydrogen-bond acceptors (Lipinski definition) is 3. The normalized spacial score (nSPS) is 12.0. The Kier molecular flexibility index (Phi) is 6.13. The molecule has 0 heterocycles. The summed E-state index contributed by atoms with van der Waals surface area (Å²) in [6.45, 7) is 0.964. The zero-order chi connectivity index (χ0) is 14.9. The minimum atomic E-state index is 0.116. The standard InChI is InChI=1S/C18H22N2O/c19-12-11-17(13-15-7-3-1-4-8-15)20-14-18(21)16-9-5-2-6-10-16/h1-10,17,20H,11-14,19H2. The van der Waals surface area contributed by atoms with Gasteiger partial charge in [0.2, 0.25) is 0 Å². The molecule has 0 aliphatic heterocycles. The lowest BCUT2D eigenvalue weighted by atomic mass is 10.0. The van der Waals surface area contributed by atoms with Gasteiger partial charge in [-0.3, -0.25) is 4.79 Å². The number of carbonyl (C=O) groups is 1. The van der Waals surface area contributed by atoms with Crippen LogP contribution in [0.15, 0.2) is 60.7 Å². The van der Waals surface area contributed by atoms with E-state index >= 15 is 0 Å². The van der Waals surface area contributed by atoms with Crippen LogP contribution in [0.2, 0.25) is 0 Å². The maximum atomic E-state index is 12.1. The Morgan fingerprint density at radius 1 is 1.00 bits per heavy atom. The second kappa shape index (κ2) is 8.35. The fraction of sp³-hybridized carbons (Fsp3) is 0.278. The predicted octanol–water partition coefficient (Wildman–Crippen LogP) is 2.42. The summed E-state index contributed by atoms with van der Waals surface area (Å²) in [7, 11) is 0. The summed E-state index contributed by atoms with van der Waals surface area (Å²) in [5.41, 5.74) is 7.68. The molecule has 0 fully saturated rings. The molecule has 2 aromatic rings. The first-order valence-corrected chi connectivity index (χ1v) is 7.35. The maximum Gasteiger partial charge on any atom is 0.176 e. The number of benzene rings is 2. The van der Waals surface area contributed by atoms with Crippen molar-refractivity contribution in [2.24, 2.45) is 5.73 Å². The van der Waals surface area contributed by atoms with Crippen molar-refractivity contribution in [1.82, 2.24) is 5.32 Å². The van der Waals surface area contributed by atoms with Gasteiger partial charge in [0.25, 0.3) is 0 Å². The van der Waals surface area contributed by atoms with E-state index in [2.05, 4.69) is 17.4 Å². The predicted molar refractivity (Wildman–Crippen MR) is 86.4 cm³/mol. The largest absolute Gasteiger partial charge is 0.330 e. The molecule has 1 unspecified atom stereocenters. The van der Waals surface area contributed by atoms with E-state index in [1.54, 1.807) is 0 Å². The molecule has 0 saturated heterocycles. The average Bonchev–Trinajstić information content (AvgIpc) is 2.54. The Morgan fingerprint density at radius 2 is 1.62 bits per heavy atom. The first-order chi connectivity index (χ1) is 10.3. The van der Waals surface area contributed by atoms with E-state index in [1.165, 1.54) is 5.56 Å². The highest BCUT2D eigenvalue weighted by molar-refractivity contribution is 5.97. The monoisotopic (exact) mass is 282 g/mol. The Labute approximate surface area is 126 Å². The highest BCUT2D eigenvalue weighted by Gasteiger charge is 2.11. The molecule has 0 bridgehead atoms. The molecule has 0 aromatic heterocycles. The molecule has 3 nitrogen and oxygen atoms in total. The molecule has 21 heavy (non-hydrogen) atoms. The molecule has 0 spiro atoms. The van der Waals surface area contributed by atoms with E-state index in [9.17, 15) is 4.79 Å². The maximum absolute atomic E-state index is 12.1. The van der Waals surface area contributed by atoms with Gasteiger partial charge in [-0.1, -0.05) is 60.7 Å². The van der Waals surface area contributed by atoms with Crippen LogP contribution in [0.5, 0.6) is 0 Å². The Balaban J connectivity index is 1.89. The van der Waals surface area contributed by atoms with Crippen LogP contribution in [0, 0.1) is 0 Å². The minimum Gasteiger partial charge on any atom is -0.330 e. The Morgan fingerprint density at radius 3 is 2.24 bits per heavy atom. The van der Waals surface area contributed by atoms with E-state index < -0.39 is 0 Å². The van der Waals surface area contributed by atoms with E-state index in [0.29, 0.717) is 13.1 Å². The van der Waals surface area contributed by atoms with Crippen LogP contribution in [0.4, 0.5) is 0 Å². The zero-order valence-corrected chi connectivity index (χ0v) is 12.2. The van der Waals surface area contributed by atoms with Gasteiger partial charge in [-0.15, -0.1) is 0 Å². The lowest BCUT2D eigenvalue weighted by Crippen LogP contribution is -2.36. The number of rotatable bonds is 8. The summed E-state index contributed by atoms with van der Waals surface area (Å²) in [6.07, 6.45) is 1.75. The molecule has 0 aliphatic carbocycles. The highest BCUT2D eigenvalue weighted by Crippen LogP contribution is 2.06. The van der Waals surface area contributed by atoms with Crippen LogP contribution in [-0.2, 0) is 6.42 Å². The third-order valence-corrected chi connectivity index (χ3v) is 3.49.